The summed E-state index contributed by atoms with van der Waals surface area (Å²) in [6.45, 7) is -2.03. The number of hydrogen-bond donors (Lipinski definition) is 4. The third-order valence-corrected chi connectivity index (χ3v) is 5.18. The molecule has 4 rings (SSSR count). The maximum atomic E-state index is 12.7. The van der Waals surface area contributed by atoms with Crippen molar-refractivity contribution in [3.05, 3.63) is 47.3 Å². The van der Waals surface area contributed by atoms with Crippen LogP contribution in [-0.4, -0.2) is 47.1 Å². The summed E-state index contributed by atoms with van der Waals surface area (Å²) in [5.41, 5.74) is 1.76. The van der Waals surface area contributed by atoms with Crippen molar-refractivity contribution in [2.24, 2.45) is 0 Å². The van der Waals surface area contributed by atoms with Crippen LogP contribution in [0.3, 0.4) is 0 Å². The first-order valence-electron chi connectivity index (χ1n) is 9.29. The van der Waals surface area contributed by atoms with Crippen LogP contribution in [0, 0.1) is 0 Å². The number of carbonyl (C=O) groups excluding carboxylic acids is 3. The third kappa shape index (κ3) is 4.13. The molecule has 1 aliphatic carbocycles. The fraction of sp³-hybridized carbons (Fsp3) is 0.316. The van der Waals surface area contributed by atoms with Crippen molar-refractivity contribution in [2.45, 2.75) is 24.4 Å². The Morgan fingerprint density at radius 3 is 2.71 bits per heavy atom. The number of halogens is 3. The molecule has 0 bridgehead atoms. The SMILES string of the molecule is O=C(CNC(=O)NCC(F)(F)F)Nc1cc2c(cn1)CC1(C2)C(=O)Nc2ncccc21. The van der Waals surface area contributed by atoms with E-state index in [1.54, 1.807) is 29.8 Å². The second-order valence-electron chi connectivity index (χ2n) is 7.33. The zero-order valence-corrected chi connectivity index (χ0v) is 16.0. The summed E-state index contributed by atoms with van der Waals surface area (Å²) in [7, 11) is 0. The molecular weight excluding hydrogens is 417 g/mol. The van der Waals surface area contributed by atoms with E-state index in [1.165, 1.54) is 0 Å². The van der Waals surface area contributed by atoms with Gasteiger partial charge < -0.3 is 21.3 Å². The van der Waals surface area contributed by atoms with E-state index in [4.69, 9.17) is 0 Å². The van der Waals surface area contributed by atoms with Gasteiger partial charge in [-0.15, -0.1) is 0 Å². The first kappa shape index (κ1) is 20.6. The largest absolute Gasteiger partial charge is 0.405 e. The van der Waals surface area contributed by atoms with Gasteiger partial charge in [-0.2, -0.15) is 13.2 Å². The summed E-state index contributed by atoms with van der Waals surface area (Å²) in [5, 5.41) is 8.92. The summed E-state index contributed by atoms with van der Waals surface area (Å²) in [6.07, 6.45) is -0.499. The number of aromatic nitrogens is 2. The molecule has 0 saturated carbocycles. The highest BCUT2D eigenvalue weighted by atomic mass is 19.4. The number of hydrogen-bond acceptors (Lipinski definition) is 5. The van der Waals surface area contributed by atoms with E-state index in [0.717, 1.165) is 16.7 Å². The molecular formula is C19H17F3N6O3. The quantitative estimate of drug-likeness (QED) is 0.577. The molecule has 0 saturated heterocycles. The number of anilines is 2. The Labute approximate surface area is 173 Å². The van der Waals surface area contributed by atoms with Crippen molar-refractivity contribution in [3.63, 3.8) is 0 Å². The number of nitrogens with zero attached hydrogens (tertiary/aromatic N) is 2. The van der Waals surface area contributed by atoms with Crippen LogP contribution in [0.25, 0.3) is 0 Å². The number of amides is 4. The number of alkyl halides is 3. The lowest BCUT2D eigenvalue weighted by molar-refractivity contribution is -0.123. The van der Waals surface area contributed by atoms with E-state index in [0.29, 0.717) is 18.7 Å². The molecule has 2 aromatic heterocycles. The molecule has 1 aliphatic heterocycles. The van der Waals surface area contributed by atoms with Crippen molar-refractivity contribution in [2.75, 3.05) is 23.7 Å². The number of carbonyl (C=O) groups is 3. The molecule has 31 heavy (non-hydrogen) atoms. The maximum Gasteiger partial charge on any atom is 0.405 e. The molecule has 12 heteroatoms. The van der Waals surface area contributed by atoms with Gasteiger partial charge in [0.1, 0.15) is 18.2 Å². The Bertz CT molecular complexity index is 1070. The van der Waals surface area contributed by atoms with Crippen LogP contribution in [0.1, 0.15) is 16.7 Å². The van der Waals surface area contributed by atoms with Gasteiger partial charge in [0.25, 0.3) is 0 Å². The number of rotatable bonds is 4. The molecule has 0 radical (unpaired) electrons. The van der Waals surface area contributed by atoms with Crippen molar-refractivity contribution in [3.8, 4) is 0 Å². The van der Waals surface area contributed by atoms with Gasteiger partial charge in [-0.1, -0.05) is 6.07 Å². The van der Waals surface area contributed by atoms with E-state index >= 15 is 0 Å². The molecule has 1 unspecified atom stereocenters. The smallest absolute Gasteiger partial charge is 0.329 e. The van der Waals surface area contributed by atoms with Gasteiger partial charge in [0.2, 0.25) is 11.8 Å². The molecule has 4 amide bonds. The summed E-state index contributed by atoms with van der Waals surface area (Å²) in [4.78, 5) is 44.4. The average Bonchev–Trinajstić information content (AvgIpc) is 3.22. The van der Waals surface area contributed by atoms with E-state index in [2.05, 4.69) is 20.6 Å². The van der Waals surface area contributed by atoms with Crippen LogP contribution in [0.2, 0.25) is 0 Å². The van der Waals surface area contributed by atoms with E-state index in [-0.39, 0.29) is 11.7 Å². The van der Waals surface area contributed by atoms with Crippen molar-refractivity contribution >= 4 is 29.5 Å². The minimum absolute atomic E-state index is 0.142. The predicted octanol–water partition coefficient (Wildman–Crippen LogP) is 1.27. The Morgan fingerprint density at radius 2 is 1.94 bits per heavy atom. The lowest BCUT2D eigenvalue weighted by atomic mass is 9.79. The van der Waals surface area contributed by atoms with Crippen LogP contribution < -0.4 is 21.3 Å². The standard InChI is InChI=1S/C19H17F3N6O3/c20-19(21,22)9-26-17(31)25-8-14(29)27-13-4-10-5-18(6-11(10)7-24-13)12-2-1-3-23-15(12)28-16(18)30/h1-4,7H,5-6,8-9H2,(H,23,28,30)(H,24,27,29)(H2,25,26,31). The van der Waals surface area contributed by atoms with Crippen LogP contribution in [-0.2, 0) is 27.8 Å². The number of fused-ring (bicyclic) bond motifs is 3. The minimum Gasteiger partial charge on any atom is -0.329 e. The molecule has 3 heterocycles. The van der Waals surface area contributed by atoms with Crippen LogP contribution >= 0.6 is 0 Å². The summed E-state index contributed by atoms with van der Waals surface area (Å²) < 4.78 is 36.2. The first-order valence-corrected chi connectivity index (χ1v) is 9.29. The Kier molecular flexibility index (Phi) is 4.99. The highest BCUT2D eigenvalue weighted by Crippen LogP contribution is 2.46. The third-order valence-electron chi connectivity index (χ3n) is 5.18. The molecule has 9 nitrogen and oxygen atoms in total. The zero-order valence-electron chi connectivity index (χ0n) is 16.0. The van der Waals surface area contributed by atoms with Crippen LogP contribution in [0.5, 0.6) is 0 Å². The fourth-order valence-electron chi connectivity index (χ4n) is 3.81. The van der Waals surface area contributed by atoms with Gasteiger partial charge in [0.05, 0.1) is 12.0 Å². The molecule has 2 aromatic rings. The van der Waals surface area contributed by atoms with Crippen LogP contribution in [0.15, 0.2) is 30.6 Å². The Balaban J connectivity index is 1.38. The Morgan fingerprint density at radius 1 is 1.16 bits per heavy atom. The van der Waals surface area contributed by atoms with E-state index in [9.17, 15) is 27.6 Å². The molecule has 0 fully saturated rings. The monoisotopic (exact) mass is 434 g/mol. The average molecular weight is 434 g/mol. The van der Waals surface area contributed by atoms with Gasteiger partial charge in [0, 0.05) is 18.0 Å². The first-order chi connectivity index (χ1) is 14.7. The highest BCUT2D eigenvalue weighted by molar-refractivity contribution is 6.06. The van der Waals surface area contributed by atoms with Crippen molar-refractivity contribution in [1.82, 2.24) is 20.6 Å². The van der Waals surface area contributed by atoms with Gasteiger partial charge in [0.15, 0.2) is 0 Å². The molecule has 0 aromatic carbocycles. The Hall–Kier alpha value is -3.70. The molecule has 162 valence electrons. The number of nitrogens with one attached hydrogen (secondary N) is 4. The summed E-state index contributed by atoms with van der Waals surface area (Å²) in [6, 6.07) is 4.16. The summed E-state index contributed by atoms with van der Waals surface area (Å²) >= 11 is 0. The van der Waals surface area contributed by atoms with Gasteiger partial charge in [-0.05, 0) is 36.1 Å². The second kappa shape index (κ2) is 7.52. The van der Waals surface area contributed by atoms with Crippen LogP contribution in [0.4, 0.5) is 29.6 Å². The maximum absolute atomic E-state index is 12.7. The van der Waals surface area contributed by atoms with Crippen molar-refractivity contribution in [1.29, 1.82) is 0 Å². The van der Waals surface area contributed by atoms with Crippen molar-refractivity contribution < 1.29 is 27.6 Å². The van der Waals surface area contributed by atoms with E-state index < -0.39 is 36.6 Å². The molecule has 1 atom stereocenters. The number of pyridine rings is 2. The zero-order chi connectivity index (χ0) is 22.2. The molecule has 2 aliphatic rings. The predicted molar refractivity (Wildman–Crippen MR) is 102 cm³/mol. The minimum atomic E-state index is -4.54. The normalized spacial score (nSPS) is 18.9. The number of urea groups is 1. The van der Waals surface area contributed by atoms with Gasteiger partial charge in [-0.3, -0.25) is 9.59 Å². The summed E-state index contributed by atoms with van der Waals surface area (Å²) in [5.74, 6) is -0.0488. The lowest BCUT2D eigenvalue weighted by Crippen LogP contribution is -2.43. The molecule has 4 N–H and O–H groups in total. The lowest BCUT2D eigenvalue weighted by Gasteiger charge is -2.20. The van der Waals surface area contributed by atoms with Gasteiger partial charge >= 0.3 is 12.2 Å². The highest BCUT2D eigenvalue weighted by Gasteiger charge is 2.51. The van der Waals surface area contributed by atoms with Gasteiger partial charge in [-0.25, -0.2) is 14.8 Å². The van der Waals surface area contributed by atoms with E-state index in [1.807, 2.05) is 11.4 Å². The molecule has 1 spiro atoms. The second-order valence-corrected chi connectivity index (χ2v) is 7.33. The topological polar surface area (TPSA) is 125 Å². The fourth-order valence-corrected chi connectivity index (χ4v) is 3.81.